The molecule has 1 fully saturated rings. The first-order valence-electron chi connectivity index (χ1n) is 10.1. The fourth-order valence-electron chi connectivity index (χ4n) is 3.93. The lowest BCUT2D eigenvalue weighted by Gasteiger charge is -2.32. The van der Waals surface area contributed by atoms with Gasteiger partial charge in [0.2, 0.25) is 0 Å². The van der Waals surface area contributed by atoms with E-state index in [1.165, 1.54) is 10.1 Å². The Morgan fingerprint density at radius 3 is 2.77 bits per heavy atom. The number of aromatic nitrogens is 2. The summed E-state index contributed by atoms with van der Waals surface area (Å²) in [5, 5.41) is 32.0. The predicted molar refractivity (Wildman–Crippen MR) is 125 cm³/mol. The first kappa shape index (κ1) is 21.0. The summed E-state index contributed by atoms with van der Waals surface area (Å²) in [5.41, 5.74) is 1.90. The van der Waals surface area contributed by atoms with E-state index in [-0.39, 0.29) is 18.8 Å². The van der Waals surface area contributed by atoms with Crippen LogP contribution in [0.5, 0.6) is 0 Å². The van der Waals surface area contributed by atoms with Crippen molar-refractivity contribution in [2.24, 2.45) is 0 Å². The van der Waals surface area contributed by atoms with Crippen LogP contribution in [0.15, 0.2) is 48.5 Å². The first-order valence-corrected chi connectivity index (χ1v) is 12.1. The predicted octanol–water partition coefficient (Wildman–Crippen LogP) is 5.24. The third kappa shape index (κ3) is 4.53. The van der Waals surface area contributed by atoms with Crippen molar-refractivity contribution in [3.63, 3.8) is 0 Å². The number of aliphatic hydroxyl groups excluding tert-OH is 2. The summed E-state index contributed by atoms with van der Waals surface area (Å²) in [6, 6.07) is 16.2. The van der Waals surface area contributed by atoms with Gasteiger partial charge in [-0.15, -0.1) is 21.5 Å². The largest absolute Gasteiger partial charge is 0.394 e. The molecule has 0 radical (unpaired) electrons. The van der Waals surface area contributed by atoms with Crippen molar-refractivity contribution >= 4 is 44.4 Å². The minimum absolute atomic E-state index is 0.0979. The molecule has 3 atom stereocenters. The van der Waals surface area contributed by atoms with Crippen molar-refractivity contribution in [2.45, 2.75) is 37.6 Å². The highest BCUT2D eigenvalue weighted by Crippen LogP contribution is 2.37. The Kier molecular flexibility index (Phi) is 6.05. The van der Waals surface area contributed by atoms with Crippen molar-refractivity contribution < 1.29 is 14.9 Å². The average molecular weight is 473 g/mol. The van der Waals surface area contributed by atoms with Crippen LogP contribution in [0.4, 0.5) is 0 Å². The molecule has 160 valence electrons. The van der Waals surface area contributed by atoms with Crippen LogP contribution in [-0.4, -0.2) is 39.2 Å². The summed E-state index contributed by atoms with van der Waals surface area (Å²) < 4.78 is 7.19. The summed E-state index contributed by atoms with van der Waals surface area (Å²) in [5.74, 6) is 0. The molecule has 0 saturated carbocycles. The average Bonchev–Trinajstić information content (AvgIpc) is 3.41. The first-order chi connectivity index (χ1) is 15.1. The molecule has 2 aromatic heterocycles. The molecule has 1 aliphatic heterocycles. The highest BCUT2D eigenvalue weighted by atomic mass is 35.5. The molecule has 0 bridgehead atoms. The number of ether oxygens (including phenoxy) is 1. The van der Waals surface area contributed by atoms with Crippen molar-refractivity contribution in [1.29, 1.82) is 0 Å². The van der Waals surface area contributed by atoms with Crippen LogP contribution >= 0.6 is 34.3 Å². The van der Waals surface area contributed by atoms with Crippen LogP contribution in [0, 0.1) is 0 Å². The van der Waals surface area contributed by atoms with Gasteiger partial charge in [0.1, 0.15) is 5.01 Å². The Morgan fingerprint density at radius 1 is 1.06 bits per heavy atom. The summed E-state index contributed by atoms with van der Waals surface area (Å²) in [4.78, 5) is 1.12. The molecule has 3 unspecified atom stereocenters. The van der Waals surface area contributed by atoms with Crippen LogP contribution in [0.3, 0.4) is 0 Å². The van der Waals surface area contributed by atoms with E-state index < -0.39 is 6.10 Å². The highest BCUT2D eigenvalue weighted by molar-refractivity contribution is 7.25. The Morgan fingerprint density at radius 2 is 1.94 bits per heavy atom. The summed E-state index contributed by atoms with van der Waals surface area (Å²) in [6.45, 7) is -0.0979. The number of rotatable bonds is 5. The van der Waals surface area contributed by atoms with Crippen molar-refractivity contribution in [3.05, 3.63) is 69.7 Å². The summed E-state index contributed by atoms with van der Waals surface area (Å²) in [6.07, 6.45) is 0.446. The van der Waals surface area contributed by atoms with Crippen LogP contribution in [0.2, 0.25) is 5.02 Å². The van der Waals surface area contributed by atoms with Gasteiger partial charge in [-0.3, -0.25) is 0 Å². The Labute approximate surface area is 192 Å². The third-order valence-electron chi connectivity index (χ3n) is 5.47. The Balaban J connectivity index is 1.37. The summed E-state index contributed by atoms with van der Waals surface area (Å²) in [7, 11) is 0. The molecular formula is C23H21ClN2O3S2. The Bertz CT molecular complexity index is 1180. The van der Waals surface area contributed by atoms with E-state index in [2.05, 4.69) is 28.4 Å². The number of aliphatic hydroxyl groups is 2. The normalized spacial score (nSPS) is 21.6. The molecule has 3 heterocycles. The number of hydrogen-bond donors (Lipinski definition) is 2. The minimum Gasteiger partial charge on any atom is -0.394 e. The highest BCUT2D eigenvalue weighted by Gasteiger charge is 2.29. The van der Waals surface area contributed by atoms with Gasteiger partial charge in [-0.05, 0) is 34.7 Å². The summed E-state index contributed by atoms with van der Waals surface area (Å²) >= 11 is 9.77. The van der Waals surface area contributed by atoms with Crippen LogP contribution in [0.25, 0.3) is 20.0 Å². The van der Waals surface area contributed by atoms with E-state index in [0.717, 1.165) is 26.0 Å². The second-order valence-electron chi connectivity index (χ2n) is 7.73. The standard InChI is InChI=1S/C23H21ClN2O3S2/c24-18-6-5-13(19-11-16(28)10-17(12-27)29-19)7-15(18)9-22-25-26-23(31-22)21-8-14-3-1-2-4-20(14)30-21/h1-8,16-17,19,27-28H,9-12H2. The van der Waals surface area contributed by atoms with Crippen LogP contribution in [0.1, 0.15) is 35.1 Å². The molecule has 0 aliphatic carbocycles. The molecule has 8 heteroatoms. The minimum atomic E-state index is -0.484. The number of benzene rings is 2. The molecule has 5 rings (SSSR count). The smallest absolute Gasteiger partial charge is 0.157 e. The van der Waals surface area contributed by atoms with Gasteiger partial charge in [0.05, 0.1) is 29.8 Å². The molecule has 0 amide bonds. The molecule has 4 aromatic rings. The second kappa shape index (κ2) is 8.94. The van der Waals surface area contributed by atoms with Crippen molar-refractivity contribution in [3.8, 4) is 9.88 Å². The molecule has 2 aromatic carbocycles. The number of nitrogens with zero attached hydrogens (tertiary/aromatic N) is 2. The van der Waals surface area contributed by atoms with E-state index >= 15 is 0 Å². The van der Waals surface area contributed by atoms with Gasteiger partial charge in [0, 0.05) is 29.0 Å². The SMILES string of the molecule is OCC1CC(O)CC(c2ccc(Cl)c(Cc3nnc(-c4cc5ccccc5s4)s3)c2)O1. The van der Waals surface area contributed by atoms with E-state index in [1.807, 2.05) is 30.3 Å². The molecule has 0 spiro atoms. The maximum Gasteiger partial charge on any atom is 0.157 e. The lowest BCUT2D eigenvalue weighted by atomic mass is 9.95. The van der Waals surface area contributed by atoms with E-state index in [0.29, 0.717) is 24.3 Å². The molecule has 1 saturated heterocycles. The molecule has 2 N–H and O–H groups in total. The van der Waals surface area contributed by atoms with E-state index in [1.54, 1.807) is 22.7 Å². The van der Waals surface area contributed by atoms with Gasteiger partial charge in [-0.2, -0.15) is 0 Å². The monoisotopic (exact) mass is 472 g/mol. The zero-order valence-corrected chi connectivity index (χ0v) is 19.0. The quantitative estimate of drug-likeness (QED) is 0.415. The van der Waals surface area contributed by atoms with Gasteiger partial charge >= 0.3 is 0 Å². The van der Waals surface area contributed by atoms with Gasteiger partial charge in [-0.25, -0.2) is 0 Å². The number of halogens is 1. The molecule has 1 aliphatic rings. The lowest BCUT2D eigenvalue weighted by Crippen LogP contribution is -2.33. The fourth-order valence-corrected chi connectivity index (χ4v) is 6.08. The second-order valence-corrected chi connectivity index (χ2v) is 10.3. The zero-order valence-electron chi connectivity index (χ0n) is 16.6. The Hall–Kier alpha value is -1.87. The number of fused-ring (bicyclic) bond motifs is 1. The maximum absolute atomic E-state index is 10.1. The number of hydrogen-bond acceptors (Lipinski definition) is 7. The molecular weight excluding hydrogens is 452 g/mol. The van der Waals surface area contributed by atoms with Gasteiger partial charge in [0.25, 0.3) is 0 Å². The van der Waals surface area contributed by atoms with E-state index in [4.69, 9.17) is 16.3 Å². The number of thiophene rings is 1. The third-order valence-corrected chi connectivity index (χ3v) is 8.05. The van der Waals surface area contributed by atoms with Crippen LogP contribution < -0.4 is 0 Å². The van der Waals surface area contributed by atoms with Crippen molar-refractivity contribution in [2.75, 3.05) is 6.61 Å². The maximum atomic E-state index is 10.1. The van der Waals surface area contributed by atoms with Crippen LogP contribution in [-0.2, 0) is 11.2 Å². The molecule has 31 heavy (non-hydrogen) atoms. The zero-order chi connectivity index (χ0) is 21.4. The molecule has 5 nitrogen and oxygen atoms in total. The van der Waals surface area contributed by atoms with Gasteiger partial charge in [0.15, 0.2) is 5.01 Å². The van der Waals surface area contributed by atoms with Crippen molar-refractivity contribution in [1.82, 2.24) is 10.2 Å². The lowest BCUT2D eigenvalue weighted by molar-refractivity contribution is -0.113. The van der Waals surface area contributed by atoms with E-state index in [9.17, 15) is 10.2 Å². The topological polar surface area (TPSA) is 75.5 Å². The fraction of sp³-hybridized carbons (Fsp3) is 0.304. The van der Waals surface area contributed by atoms with Gasteiger partial charge in [-0.1, -0.05) is 53.3 Å². The van der Waals surface area contributed by atoms with Gasteiger partial charge < -0.3 is 14.9 Å².